The molecule has 0 heterocycles. The lowest BCUT2D eigenvalue weighted by Gasteiger charge is -2.12. The molecule has 2 heteroatoms. The number of methoxy groups -OCH3 is 1. The van der Waals surface area contributed by atoms with Gasteiger partial charge in [-0.25, -0.2) is 0 Å². The standard InChI is InChI=1S/C15H28O2/c1-3-4-5-6-7-8-9-12-15(17-2)13-10-11-14-16/h10-11,14-15H,3-9,12-13H2,1-2H3. The molecule has 1 unspecified atom stereocenters. The van der Waals surface area contributed by atoms with Crippen LogP contribution in [0.1, 0.15) is 64.7 Å². The van der Waals surface area contributed by atoms with Crippen LogP contribution in [0.15, 0.2) is 12.2 Å². The van der Waals surface area contributed by atoms with Crippen LogP contribution < -0.4 is 0 Å². The lowest BCUT2D eigenvalue weighted by Crippen LogP contribution is -2.08. The Kier molecular flexibility index (Phi) is 12.9. The van der Waals surface area contributed by atoms with Gasteiger partial charge < -0.3 is 4.74 Å². The first kappa shape index (κ1) is 16.4. The highest BCUT2D eigenvalue weighted by atomic mass is 16.5. The highest BCUT2D eigenvalue weighted by Gasteiger charge is 2.04. The summed E-state index contributed by atoms with van der Waals surface area (Å²) in [6, 6.07) is 0. The summed E-state index contributed by atoms with van der Waals surface area (Å²) in [6.45, 7) is 2.25. The minimum Gasteiger partial charge on any atom is -0.381 e. The molecule has 0 bridgehead atoms. The zero-order valence-electron chi connectivity index (χ0n) is 11.5. The molecule has 17 heavy (non-hydrogen) atoms. The zero-order valence-corrected chi connectivity index (χ0v) is 11.5. The van der Waals surface area contributed by atoms with Gasteiger partial charge in [0.05, 0.1) is 6.10 Å². The first-order chi connectivity index (χ1) is 8.35. The third-order valence-electron chi connectivity index (χ3n) is 3.08. The van der Waals surface area contributed by atoms with Gasteiger partial charge >= 0.3 is 0 Å². The number of carbonyl (C=O) groups excluding carboxylic acids is 1. The molecule has 0 aliphatic carbocycles. The summed E-state index contributed by atoms with van der Waals surface area (Å²) in [5, 5.41) is 0. The predicted octanol–water partition coefficient (Wildman–Crippen LogP) is 4.29. The fraction of sp³-hybridized carbons (Fsp3) is 0.800. The van der Waals surface area contributed by atoms with Gasteiger partial charge in [-0.1, -0.05) is 57.9 Å². The van der Waals surface area contributed by atoms with Crippen LogP contribution in [0.5, 0.6) is 0 Å². The summed E-state index contributed by atoms with van der Waals surface area (Å²) in [4.78, 5) is 10.1. The molecule has 0 rings (SSSR count). The van der Waals surface area contributed by atoms with Crippen LogP contribution >= 0.6 is 0 Å². The van der Waals surface area contributed by atoms with Gasteiger partial charge in [0.2, 0.25) is 0 Å². The van der Waals surface area contributed by atoms with Crippen molar-refractivity contribution in [3.63, 3.8) is 0 Å². The second kappa shape index (κ2) is 13.4. The van der Waals surface area contributed by atoms with Crippen molar-refractivity contribution in [3.8, 4) is 0 Å². The fourth-order valence-electron chi connectivity index (χ4n) is 1.95. The van der Waals surface area contributed by atoms with Crippen LogP contribution in [0.25, 0.3) is 0 Å². The van der Waals surface area contributed by atoms with Gasteiger partial charge in [-0.3, -0.25) is 4.79 Å². The molecule has 0 saturated heterocycles. The second-order valence-corrected chi connectivity index (χ2v) is 4.57. The summed E-state index contributed by atoms with van der Waals surface area (Å²) in [6.07, 6.45) is 15.8. The van der Waals surface area contributed by atoms with E-state index in [1.807, 2.05) is 6.08 Å². The largest absolute Gasteiger partial charge is 0.381 e. The Hall–Kier alpha value is -0.630. The molecule has 0 spiro atoms. The Morgan fingerprint density at radius 1 is 1.06 bits per heavy atom. The number of rotatable bonds is 12. The summed E-state index contributed by atoms with van der Waals surface area (Å²) < 4.78 is 5.37. The van der Waals surface area contributed by atoms with E-state index in [1.165, 1.54) is 44.9 Å². The fourth-order valence-corrected chi connectivity index (χ4v) is 1.95. The molecule has 0 aliphatic rings. The van der Waals surface area contributed by atoms with E-state index >= 15 is 0 Å². The van der Waals surface area contributed by atoms with Gasteiger partial charge in [0.1, 0.15) is 6.29 Å². The number of unbranched alkanes of at least 4 members (excludes halogenated alkanes) is 6. The second-order valence-electron chi connectivity index (χ2n) is 4.57. The third kappa shape index (κ3) is 11.6. The van der Waals surface area contributed by atoms with Crippen LogP contribution in [0.4, 0.5) is 0 Å². The van der Waals surface area contributed by atoms with Crippen molar-refractivity contribution in [2.75, 3.05) is 7.11 Å². The molecule has 1 atom stereocenters. The van der Waals surface area contributed by atoms with E-state index in [1.54, 1.807) is 13.2 Å². The van der Waals surface area contributed by atoms with Crippen molar-refractivity contribution < 1.29 is 9.53 Å². The molecule has 2 nitrogen and oxygen atoms in total. The summed E-state index contributed by atoms with van der Waals surface area (Å²) >= 11 is 0. The molecule has 0 radical (unpaired) electrons. The molecule has 100 valence electrons. The number of hydrogen-bond donors (Lipinski definition) is 0. The van der Waals surface area contributed by atoms with Crippen LogP contribution in [-0.4, -0.2) is 19.5 Å². The van der Waals surface area contributed by atoms with Gasteiger partial charge in [0, 0.05) is 7.11 Å². The van der Waals surface area contributed by atoms with Crippen LogP contribution in [0.2, 0.25) is 0 Å². The lowest BCUT2D eigenvalue weighted by molar-refractivity contribution is -0.104. The molecule has 0 aromatic heterocycles. The quantitative estimate of drug-likeness (QED) is 0.289. The molecule has 0 N–H and O–H groups in total. The zero-order chi connectivity index (χ0) is 12.8. The van der Waals surface area contributed by atoms with Crippen LogP contribution in [0.3, 0.4) is 0 Å². The maximum atomic E-state index is 10.1. The SMILES string of the molecule is CCCCCCCCCC(CC=CC=O)OC. The third-order valence-corrected chi connectivity index (χ3v) is 3.08. The number of hydrogen-bond acceptors (Lipinski definition) is 2. The van der Waals surface area contributed by atoms with Crippen molar-refractivity contribution in [2.24, 2.45) is 0 Å². The van der Waals surface area contributed by atoms with Crippen molar-refractivity contribution in [2.45, 2.75) is 70.8 Å². The van der Waals surface area contributed by atoms with E-state index in [4.69, 9.17) is 4.74 Å². The van der Waals surface area contributed by atoms with Gasteiger partial charge in [-0.2, -0.15) is 0 Å². The Morgan fingerprint density at radius 3 is 2.29 bits per heavy atom. The van der Waals surface area contributed by atoms with E-state index in [0.29, 0.717) is 0 Å². The van der Waals surface area contributed by atoms with E-state index in [-0.39, 0.29) is 6.10 Å². The maximum Gasteiger partial charge on any atom is 0.142 e. The summed E-state index contributed by atoms with van der Waals surface area (Å²) in [5.74, 6) is 0. The Bertz CT molecular complexity index is 187. The van der Waals surface area contributed by atoms with E-state index < -0.39 is 0 Å². The highest BCUT2D eigenvalue weighted by Crippen LogP contribution is 2.12. The topological polar surface area (TPSA) is 26.3 Å². The molecule has 0 saturated carbocycles. The molecular weight excluding hydrogens is 212 g/mol. The summed E-state index contributed by atoms with van der Waals surface area (Å²) in [5.41, 5.74) is 0. The smallest absolute Gasteiger partial charge is 0.142 e. The highest BCUT2D eigenvalue weighted by molar-refractivity contribution is 5.64. The Labute approximate surface area is 106 Å². The van der Waals surface area contributed by atoms with Crippen LogP contribution in [0, 0.1) is 0 Å². The first-order valence-electron chi connectivity index (χ1n) is 6.98. The average molecular weight is 240 g/mol. The number of allylic oxidation sites excluding steroid dienone is 1. The summed E-state index contributed by atoms with van der Waals surface area (Å²) in [7, 11) is 1.75. The molecule has 0 aromatic carbocycles. The normalized spacial score (nSPS) is 13.1. The Balaban J connectivity index is 3.36. The number of aldehydes is 1. The average Bonchev–Trinajstić information content (AvgIpc) is 2.35. The van der Waals surface area contributed by atoms with Gasteiger partial charge in [-0.05, 0) is 18.9 Å². The molecule has 0 aliphatic heterocycles. The number of ether oxygens (including phenoxy) is 1. The van der Waals surface area contributed by atoms with Crippen LogP contribution in [-0.2, 0) is 9.53 Å². The minimum atomic E-state index is 0.279. The monoisotopic (exact) mass is 240 g/mol. The van der Waals surface area contributed by atoms with Gasteiger partial charge in [0.15, 0.2) is 0 Å². The molecule has 0 aromatic rings. The first-order valence-corrected chi connectivity index (χ1v) is 6.98. The molecule has 0 amide bonds. The predicted molar refractivity (Wildman–Crippen MR) is 73.2 cm³/mol. The molecular formula is C15H28O2. The molecule has 0 fully saturated rings. The minimum absolute atomic E-state index is 0.279. The van der Waals surface area contributed by atoms with E-state index in [0.717, 1.165) is 19.1 Å². The van der Waals surface area contributed by atoms with Crippen molar-refractivity contribution in [3.05, 3.63) is 12.2 Å². The number of carbonyl (C=O) groups is 1. The van der Waals surface area contributed by atoms with E-state index in [9.17, 15) is 4.79 Å². The van der Waals surface area contributed by atoms with Crippen molar-refractivity contribution in [1.82, 2.24) is 0 Å². The van der Waals surface area contributed by atoms with Gasteiger partial charge in [-0.15, -0.1) is 0 Å². The maximum absolute atomic E-state index is 10.1. The Morgan fingerprint density at radius 2 is 1.71 bits per heavy atom. The van der Waals surface area contributed by atoms with Crippen molar-refractivity contribution in [1.29, 1.82) is 0 Å². The van der Waals surface area contributed by atoms with Gasteiger partial charge in [0.25, 0.3) is 0 Å². The van der Waals surface area contributed by atoms with Crippen molar-refractivity contribution >= 4 is 6.29 Å². The lowest BCUT2D eigenvalue weighted by atomic mass is 10.0. The van der Waals surface area contributed by atoms with E-state index in [2.05, 4.69) is 6.92 Å².